The van der Waals surface area contributed by atoms with Gasteiger partial charge in [-0.15, -0.1) is 0 Å². The van der Waals surface area contributed by atoms with Crippen LogP contribution in [0.4, 0.5) is 0 Å². The Morgan fingerprint density at radius 3 is 2.54 bits per heavy atom. The molecule has 72 valence electrons. The van der Waals surface area contributed by atoms with E-state index in [9.17, 15) is 9.59 Å². The van der Waals surface area contributed by atoms with Gasteiger partial charge in [-0.2, -0.15) is 0 Å². The first kappa shape index (κ1) is 9.96. The van der Waals surface area contributed by atoms with Crippen molar-refractivity contribution in [1.82, 2.24) is 0 Å². The van der Waals surface area contributed by atoms with Crippen LogP contribution in [0.3, 0.4) is 0 Å². The van der Waals surface area contributed by atoms with Crippen LogP contribution in [0.1, 0.15) is 26.7 Å². The molecule has 0 bridgehead atoms. The van der Waals surface area contributed by atoms with E-state index in [4.69, 9.17) is 0 Å². The summed E-state index contributed by atoms with van der Waals surface area (Å²) in [4.78, 5) is 22.1. The average Bonchev–Trinajstić information content (AvgIpc) is 2.32. The summed E-state index contributed by atoms with van der Waals surface area (Å²) in [5.41, 5.74) is 0. The highest BCUT2D eigenvalue weighted by Gasteiger charge is 2.40. The summed E-state index contributed by atoms with van der Waals surface area (Å²) in [7, 11) is 0. The Labute approximate surface area is 77.8 Å². The molecular formula is C10H14O3. The summed E-state index contributed by atoms with van der Waals surface area (Å²) in [6.45, 7) is 3.68. The fourth-order valence-corrected chi connectivity index (χ4v) is 1.45. The van der Waals surface area contributed by atoms with Gasteiger partial charge in [-0.05, 0) is 19.8 Å². The lowest BCUT2D eigenvalue weighted by Gasteiger charge is -2.05. The van der Waals surface area contributed by atoms with Gasteiger partial charge < -0.3 is 4.74 Å². The molecule has 0 spiro atoms. The van der Waals surface area contributed by atoms with Crippen molar-refractivity contribution >= 4 is 11.9 Å². The van der Waals surface area contributed by atoms with Crippen LogP contribution in [0, 0.1) is 11.8 Å². The van der Waals surface area contributed by atoms with Crippen molar-refractivity contribution in [2.45, 2.75) is 26.7 Å². The summed E-state index contributed by atoms with van der Waals surface area (Å²) < 4.78 is 4.51. The smallest absolute Gasteiger partial charge is 0.317 e. The number of cyclic esters (lactones) is 2. The lowest BCUT2D eigenvalue weighted by molar-refractivity contribution is -0.153. The van der Waals surface area contributed by atoms with E-state index in [0.717, 1.165) is 6.42 Å². The third-order valence-electron chi connectivity index (χ3n) is 2.36. The maximum atomic E-state index is 11.1. The summed E-state index contributed by atoms with van der Waals surface area (Å²) >= 11 is 0. The topological polar surface area (TPSA) is 43.4 Å². The van der Waals surface area contributed by atoms with E-state index in [-0.39, 0.29) is 23.8 Å². The van der Waals surface area contributed by atoms with Gasteiger partial charge in [0.25, 0.3) is 0 Å². The maximum absolute atomic E-state index is 11.1. The summed E-state index contributed by atoms with van der Waals surface area (Å²) in [6, 6.07) is 0. The average molecular weight is 182 g/mol. The van der Waals surface area contributed by atoms with Crippen molar-refractivity contribution in [1.29, 1.82) is 0 Å². The highest BCUT2D eigenvalue weighted by atomic mass is 16.6. The molecule has 1 aliphatic rings. The molecule has 2 unspecified atom stereocenters. The highest BCUT2D eigenvalue weighted by Crippen LogP contribution is 2.27. The van der Waals surface area contributed by atoms with Gasteiger partial charge in [-0.25, -0.2) is 0 Å². The number of carbonyl (C=O) groups is 2. The van der Waals surface area contributed by atoms with E-state index >= 15 is 0 Å². The lowest BCUT2D eigenvalue weighted by atomic mass is 9.92. The van der Waals surface area contributed by atoms with Gasteiger partial charge in [-0.1, -0.05) is 19.1 Å². The number of esters is 2. The van der Waals surface area contributed by atoms with Gasteiger partial charge in [0.2, 0.25) is 0 Å². The Balaban J connectivity index is 2.49. The van der Waals surface area contributed by atoms with Crippen LogP contribution in [0.15, 0.2) is 12.2 Å². The van der Waals surface area contributed by atoms with Crippen molar-refractivity contribution < 1.29 is 14.3 Å². The molecule has 1 saturated heterocycles. The van der Waals surface area contributed by atoms with Gasteiger partial charge in [0.15, 0.2) is 0 Å². The maximum Gasteiger partial charge on any atom is 0.317 e. The molecule has 3 nitrogen and oxygen atoms in total. The summed E-state index contributed by atoms with van der Waals surface area (Å²) in [5.74, 6) is -1.24. The van der Waals surface area contributed by atoms with Crippen LogP contribution < -0.4 is 0 Å². The number of allylic oxidation sites excluding steroid dienone is 2. The number of hydrogen-bond acceptors (Lipinski definition) is 3. The molecular weight excluding hydrogens is 168 g/mol. The standard InChI is InChI=1S/C10H14O3/c1-3-4-5-6-8-7(2)9(11)13-10(8)12/h3-4,7-8H,5-6H2,1-2H3. The largest absolute Gasteiger partial charge is 0.393 e. The summed E-state index contributed by atoms with van der Waals surface area (Å²) in [6.07, 6.45) is 5.46. The third kappa shape index (κ3) is 2.17. The van der Waals surface area contributed by atoms with Gasteiger partial charge in [0.1, 0.15) is 0 Å². The molecule has 2 atom stereocenters. The van der Waals surface area contributed by atoms with E-state index < -0.39 is 0 Å². The first-order valence-corrected chi connectivity index (χ1v) is 4.53. The zero-order valence-electron chi connectivity index (χ0n) is 7.95. The number of hydrogen-bond donors (Lipinski definition) is 0. The van der Waals surface area contributed by atoms with Crippen molar-refractivity contribution in [3.05, 3.63) is 12.2 Å². The second kappa shape index (κ2) is 4.21. The van der Waals surface area contributed by atoms with Crippen molar-refractivity contribution in [2.75, 3.05) is 0 Å². The Kier molecular flexibility index (Phi) is 3.23. The van der Waals surface area contributed by atoms with E-state index in [0.29, 0.717) is 6.42 Å². The predicted octanol–water partition coefficient (Wildman–Crippen LogP) is 1.68. The molecule has 0 N–H and O–H groups in total. The fraction of sp³-hybridized carbons (Fsp3) is 0.600. The second-order valence-corrected chi connectivity index (χ2v) is 3.28. The molecule has 3 heteroatoms. The van der Waals surface area contributed by atoms with Crippen LogP contribution in [-0.4, -0.2) is 11.9 Å². The van der Waals surface area contributed by atoms with Crippen molar-refractivity contribution in [3.63, 3.8) is 0 Å². The van der Waals surface area contributed by atoms with Crippen LogP contribution >= 0.6 is 0 Å². The molecule has 0 aromatic carbocycles. The minimum Gasteiger partial charge on any atom is -0.393 e. The van der Waals surface area contributed by atoms with Crippen molar-refractivity contribution in [3.8, 4) is 0 Å². The van der Waals surface area contributed by atoms with Gasteiger partial charge in [0, 0.05) is 0 Å². The quantitative estimate of drug-likeness (QED) is 0.379. The first-order valence-electron chi connectivity index (χ1n) is 4.53. The van der Waals surface area contributed by atoms with Crippen molar-refractivity contribution in [2.24, 2.45) is 11.8 Å². The highest BCUT2D eigenvalue weighted by molar-refractivity contribution is 5.96. The molecule has 1 rings (SSSR count). The molecule has 0 aromatic rings. The SMILES string of the molecule is CC=CCCC1C(=O)OC(=O)C1C. The number of carbonyl (C=O) groups excluding carboxylic acids is 2. The summed E-state index contributed by atoms with van der Waals surface area (Å²) in [5, 5.41) is 0. The fourth-order valence-electron chi connectivity index (χ4n) is 1.45. The number of rotatable bonds is 3. The zero-order valence-corrected chi connectivity index (χ0v) is 7.95. The Bertz CT molecular complexity index is 243. The number of ether oxygens (including phenoxy) is 1. The van der Waals surface area contributed by atoms with E-state index in [2.05, 4.69) is 4.74 Å². The molecule has 13 heavy (non-hydrogen) atoms. The van der Waals surface area contributed by atoms with E-state index in [1.807, 2.05) is 19.1 Å². The Morgan fingerprint density at radius 1 is 1.38 bits per heavy atom. The molecule has 0 amide bonds. The predicted molar refractivity (Wildman–Crippen MR) is 47.8 cm³/mol. The first-order chi connectivity index (χ1) is 6.16. The molecule has 0 saturated carbocycles. The minimum atomic E-state index is -0.379. The molecule has 1 fully saturated rings. The molecule has 0 aromatic heterocycles. The normalized spacial score (nSPS) is 28.5. The second-order valence-electron chi connectivity index (χ2n) is 3.28. The van der Waals surface area contributed by atoms with Crippen LogP contribution in [0.5, 0.6) is 0 Å². The van der Waals surface area contributed by atoms with Gasteiger partial charge in [0.05, 0.1) is 11.8 Å². The monoisotopic (exact) mass is 182 g/mol. The molecule has 1 heterocycles. The van der Waals surface area contributed by atoms with Crippen LogP contribution in [0.2, 0.25) is 0 Å². The van der Waals surface area contributed by atoms with Gasteiger partial charge in [-0.3, -0.25) is 9.59 Å². The van der Waals surface area contributed by atoms with Crippen LogP contribution in [-0.2, 0) is 14.3 Å². The minimum absolute atomic E-state index is 0.233. The zero-order chi connectivity index (χ0) is 9.84. The lowest BCUT2D eigenvalue weighted by Crippen LogP contribution is -2.14. The van der Waals surface area contributed by atoms with Crippen LogP contribution in [0.25, 0.3) is 0 Å². The van der Waals surface area contributed by atoms with Gasteiger partial charge >= 0.3 is 11.9 Å². The third-order valence-corrected chi connectivity index (χ3v) is 2.36. The molecule has 0 radical (unpaired) electrons. The Hall–Kier alpha value is -1.12. The molecule has 1 aliphatic heterocycles. The Morgan fingerprint density at radius 2 is 2.08 bits per heavy atom. The van der Waals surface area contributed by atoms with E-state index in [1.54, 1.807) is 6.92 Å². The molecule has 0 aliphatic carbocycles. The van der Waals surface area contributed by atoms with E-state index in [1.165, 1.54) is 0 Å².